The van der Waals surface area contributed by atoms with Crippen LogP contribution in [0.4, 0.5) is 0 Å². The summed E-state index contributed by atoms with van der Waals surface area (Å²) in [6.45, 7) is 6.05. The molecular weight excluding hydrogens is 224 g/mol. The lowest BCUT2D eigenvalue weighted by Gasteiger charge is -2.24. The highest BCUT2D eigenvalue weighted by Gasteiger charge is 2.22. The van der Waals surface area contributed by atoms with Crippen molar-refractivity contribution in [1.29, 1.82) is 0 Å². The average molecular weight is 246 g/mol. The molecule has 1 aromatic carbocycles. The lowest BCUT2D eigenvalue weighted by molar-refractivity contribution is -0.126. The molecule has 3 nitrogen and oxygen atoms in total. The van der Waals surface area contributed by atoms with Crippen molar-refractivity contribution in [3.8, 4) is 0 Å². The highest BCUT2D eigenvalue weighted by Crippen LogP contribution is 2.19. The van der Waals surface area contributed by atoms with E-state index in [2.05, 4.69) is 36.6 Å². The summed E-state index contributed by atoms with van der Waals surface area (Å²) < 4.78 is 0. The van der Waals surface area contributed by atoms with Gasteiger partial charge in [-0.25, -0.2) is 0 Å². The number of hydrogen-bond acceptors (Lipinski definition) is 2. The number of nitrogens with one attached hydrogen (secondary N) is 2. The second-order valence-electron chi connectivity index (χ2n) is 5.11. The second-order valence-corrected chi connectivity index (χ2v) is 5.11. The van der Waals surface area contributed by atoms with Gasteiger partial charge in [0.1, 0.15) is 0 Å². The lowest BCUT2D eigenvalue weighted by atomic mass is 9.96. The van der Waals surface area contributed by atoms with Crippen LogP contribution < -0.4 is 10.6 Å². The zero-order valence-corrected chi connectivity index (χ0v) is 11.2. The summed E-state index contributed by atoms with van der Waals surface area (Å²) in [5, 5.41) is 6.42. The van der Waals surface area contributed by atoms with Crippen LogP contribution in [-0.4, -0.2) is 19.0 Å². The van der Waals surface area contributed by atoms with Crippen LogP contribution in [0.2, 0.25) is 0 Å². The van der Waals surface area contributed by atoms with Gasteiger partial charge in [-0.2, -0.15) is 0 Å². The van der Waals surface area contributed by atoms with Crippen LogP contribution in [0.3, 0.4) is 0 Å². The molecule has 0 bridgehead atoms. The number of carbonyl (C=O) groups excluding carboxylic acids is 1. The average Bonchev–Trinajstić information content (AvgIpc) is 2.40. The normalized spacial score (nSPS) is 18.3. The van der Waals surface area contributed by atoms with Crippen LogP contribution in [0, 0.1) is 12.8 Å². The van der Waals surface area contributed by atoms with Crippen molar-refractivity contribution in [3.05, 3.63) is 35.4 Å². The highest BCUT2D eigenvalue weighted by molar-refractivity contribution is 5.79. The van der Waals surface area contributed by atoms with Gasteiger partial charge in [-0.1, -0.05) is 24.3 Å². The molecule has 0 saturated carbocycles. The Labute approximate surface area is 109 Å². The van der Waals surface area contributed by atoms with Crippen molar-refractivity contribution in [1.82, 2.24) is 10.6 Å². The van der Waals surface area contributed by atoms with E-state index >= 15 is 0 Å². The lowest BCUT2D eigenvalue weighted by Crippen LogP contribution is -2.39. The Balaban J connectivity index is 1.96. The molecule has 0 radical (unpaired) electrons. The van der Waals surface area contributed by atoms with Gasteiger partial charge in [0.25, 0.3) is 0 Å². The fourth-order valence-corrected chi connectivity index (χ4v) is 2.57. The summed E-state index contributed by atoms with van der Waals surface area (Å²) in [7, 11) is 0. The van der Waals surface area contributed by atoms with E-state index in [9.17, 15) is 4.79 Å². The number of benzene rings is 1. The van der Waals surface area contributed by atoms with Crippen LogP contribution in [-0.2, 0) is 4.79 Å². The van der Waals surface area contributed by atoms with E-state index in [0.717, 1.165) is 25.9 Å². The number of amides is 1. The first-order valence-corrected chi connectivity index (χ1v) is 6.75. The van der Waals surface area contributed by atoms with Gasteiger partial charge in [-0.05, 0) is 50.9 Å². The van der Waals surface area contributed by atoms with Gasteiger partial charge in [0, 0.05) is 5.92 Å². The third kappa shape index (κ3) is 3.10. The molecule has 1 fully saturated rings. The monoisotopic (exact) mass is 246 g/mol. The summed E-state index contributed by atoms with van der Waals surface area (Å²) in [5.41, 5.74) is 2.44. The van der Waals surface area contributed by atoms with Crippen LogP contribution in [0.25, 0.3) is 0 Å². The Morgan fingerprint density at radius 3 is 2.67 bits per heavy atom. The van der Waals surface area contributed by atoms with Crippen molar-refractivity contribution in [2.45, 2.75) is 32.7 Å². The number of carbonyl (C=O) groups is 1. The van der Waals surface area contributed by atoms with Gasteiger partial charge in [-0.15, -0.1) is 0 Å². The standard InChI is InChI=1S/C15H22N2O/c1-11-5-3-4-6-14(11)12(2)17-15(18)13-7-9-16-10-8-13/h3-6,12-13,16H,7-10H2,1-2H3,(H,17,18)/t12-/m0/s1. The molecule has 1 amide bonds. The molecular formula is C15H22N2O. The molecule has 3 heteroatoms. The summed E-state index contributed by atoms with van der Waals surface area (Å²) in [6, 6.07) is 8.31. The summed E-state index contributed by atoms with van der Waals surface area (Å²) in [6.07, 6.45) is 1.90. The maximum Gasteiger partial charge on any atom is 0.223 e. The smallest absolute Gasteiger partial charge is 0.223 e. The van der Waals surface area contributed by atoms with Crippen LogP contribution >= 0.6 is 0 Å². The van der Waals surface area contributed by atoms with E-state index in [1.54, 1.807) is 0 Å². The third-order valence-electron chi connectivity index (χ3n) is 3.72. The van der Waals surface area contributed by atoms with Gasteiger partial charge in [0.15, 0.2) is 0 Å². The van der Waals surface area contributed by atoms with E-state index in [-0.39, 0.29) is 17.9 Å². The first kappa shape index (κ1) is 13.1. The molecule has 0 unspecified atom stereocenters. The first-order chi connectivity index (χ1) is 8.68. The third-order valence-corrected chi connectivity index (χ3v) is 3.72. The Kier molecular flexibility index (Phi) is 4.37. The van der Waals surface area contributed by atoms with Crippen LogP contribution in [0.15, 0.2) is 24.3 Å². The Bertz CT molecular complexity index is 411. The summed E-state index contributed by atoms with van der Waals surface area (Å²) >= 11 is 0. The molecule has 18 heavy (non-hydrogen) atoms. The molecule has 1 aliphatic heterocycles. The molecule has 2 N–H and O–H groups in total. The quantitative estimate of drug-likeness (QED) is 0.858. The minimum Gasteiger partial charge on any atom is -0.349 e. The summed E-state index contributed by atoms with van der Waals surface area (Å²) in [5.74, 6) is 0.380. The molecule has 0 aromatic heterocycles. The van der Waals surface area contributed by atoms with Gasteiger partial charge >= 0.3 is 0 Å². The number of rotatable bonds is 3. The topological polar surface area (TPSA) is 41.1 Å². The molecule has 2 rings (SSSR count). The van der Waals surface area contributed by atoms with E-state index < -0.39 is 0 Å². The van der Waals surface area contributed by atoms with Crippen molar-refractivity contribution in [2.75, 3.05) is 13.1 Å². The number of aryl methyl sites for hydroxylation is 1. The van der Waals surface area contributed by atoms with E-state index in [1.165, 1.54) is 11.1 Å². The molecule has 0 spiro atoms. The SMILES string of the molecule is Cc1ccccc1[C@H](C)NC(=O)C1CCNCC1. The largest absolute Gasteiger partial charge is 0.349 e. The Morgan fingerprint density at radius 2 is 2.00 bits per heavy atom. The second kappa shape index (κ2) is 6.01. The zero-order chi connectivity index (χ0) is 13.0. The van der Waals surface area contributed by atoms with Crippen molar-refractivity contribution in [2.24, 2.45) is 5.92 Å². The Hall–Kier alpha value is -1.35. The molecule has 1 saturated heterocycles. The van der Waals surface area contributed by atoms with Gasteiger partial charge in [0.2, 0.25) is 5.91 Å². The minimum atomic E-state index is 0.0913. The highest BCUT2D eigenvalue weighted by atomic mass is 16.1. The fourth-order valence-electron chi connectivity index (χ4n) is 2.57. The maximum atomic E-state index is 12.2. The molecule has 0 aliphatic carbocycles. The maximum absolute atomic E-state index is 12.2. The molecule has 98 valence electrons. The predicted molar refractivity (Wildman–Crippen MR) is 73.3 cm³/mol. The zero-order valence-electron chi connectivity index (χ0n) is 11.2. The molecule has 1 aliphatic rings. The van der Waals surface area contributed by atoms with Gasteiger partial charge in [-0.3, -0.25) is 4.79 Å². The molecule has 1 aromatic rings. The number of hydrogen-bond donors (Lipinski definition) is 2. The van der Waals surface area contributed by atoms with Crippen molar-refractivity contribution in [3.63, 3.8) is 0 Å². The number of piperidine rings is 1. The molecule has 1 heterocycles. The fraction of sp³-hybridized carbons (Fsp3) is 0.533. The van der Waals surface area contributed by atoms with Crippen LogP contribution in [0.5, 0.6) is 0 Å². The summed E-state index contributed by atoms with van der Waals surface area (Å²) in [4.78, 5) is 12.2. The van der Waals surface area contributed by atoms with Gasteiger partial charge in [0.05, 0.1) is 6.04 Å². The Morgan fingerprint density at radius 1 is 1.33 bits per heavy atom. The van der Waals surface area contributed by atoms with Crippen molar-refractivity contribution >= 4 is 5.91 Å². The van der Waals surface area contributed by atoms with E-state index in [0.29, 0.717) is 0 Å². The first-order valence-electron chi connectivity index (χ1n) is 6.75. The predicted octanol–water partition coefficient (Wildman–Crippen LogP) is 2.17. The van der Waals surface area contributed by atoms with E-state index in [4.69, 9.17) is 0 Å². The van der Waals surface area contributed by atoms with Crippen LogP contribution in [0.1, 0.15) is 36.9 Å². The van der Waals surface area contributed by atoms with Gasteiger partial charge < -0.3 is 10.6 Å². The molecule has 1 atom stereocenters. The minimum absolute atomic E-state index is 0.0913. The van der Waals surface area contributed by atoms with E-state index in [1.807, 2.05) is 12.1 Å². The van der Waals surface area contributed by atoms with Crippen molar-refractivity contribution < 1.29 is 4.79 Å².